The zero-order valence-electron chi connectivity index (χ0n) is 10.0. The van der Waals surface area contributed by atoms with Crippen molar-refractivity contribution >= 4 is 27.5 Å². The summed E-state index contributed by atoms with van der Waals surface area (Å²) in [6.45, 7) is 0.480. The molecule has 0 atom stereocenters. The van der Waals surface area contributed by atoms with Crippen molar-refractivity contribution in [1.29, 1.82) is 0 Å². The van der Waals surface area contributed by atoms with E-state index in [1.54, 1.807) is 24.0 Å². The van der Waals surface area contributed by atoms with Crippen LogP contribution in [0, 0.1) is 0 Å². The Labute approximate surface area is 114 Å². The molecule has 19 heavy (non-hydrogen) atoms. The van der Waals surface area contributed by atoms with Gasteiger partial charge in [0.15, 0.2) is 0 Å². The molecule has 0 bridgehead atoms. The molecule has 0 fully saturated rings. The van der Waals surface area contributed by atoms with E-state index in [1.807, 2.05) is 24.3 Å². The minimum atomic E-state index is -0.0841. The Morgan fingerprint density at radius 2 is 2.26 bits per heavy atom. The quantitative estimate of drug-likeness (QED) is 0.795. The second-order valence-electron chi connectivity index (χ2n) is 4.08. The van der Waals surface area contributed by atoms with Crippen LogP contribution >= 0.6 is 11.3 Å². The first-order chi connectivity index (χ1) is 9.33. The summed E-state index contributed by atoms with van der Waals surface area (Å²) in [5.41, 5.74) is 4.34. The van der Waals surface area contributed by atoms with Gasteiger partial charge in [0.2, 0.25) is 0 Å². The molecule has 1 N–H and O–H groups in total. The molecule has 3 rings (SSSR count). The first-order valence-electron chi connectivity index (χ1n) is 5.83. The lowest BCUT2D eigenvalue weighted by molar-refractivity contribution is 0.0951. The molecule has 0 aliphatic rings. The highest BCUT2D eigenvalue weighted by atomic mass is 32.1. The number of nitrogens with zero attached hydrogens (tertiary/aromatic N) is 2. The summed E-state index contributed by atoms with van der Waals surface area (Å²) in [5, 5.41) is 2.88. The summed E-state index contributed by atoms with van der Waals surface area (Å²) < 4.78 is 1.02. The lowest BCUT2D eigenvalue weighted by Crippen LogP contribution is -2.22. The smallest absolute Gasteiger partial charge is 0.251 e. The van der Waals surface area contributed by atoms with Crippen LogP contribution in [0.4, 0.5) is 0 Å². The molecule has 2 aromatic heterocycles. The van der Waals surface area contributed by atoms with Gasteiger partial charge in [-0.1, -0.05) is 6.07 Å². The third-order valence-electron chi connectivity index (χ3n) is 2.77. The summed E-state index contributed by atoms with van der Waals surface area (Å²) in [6, 6.07) is 9.31. The number of pyridine rings is 1. The summed E-state index contributed by atoms with van der Waals surface area (Å²) in [7, 11) is 0. The number of amides is 1. The van der Waals surface area contributed by atoms with Crippen LogP contribution in [0.2, 0.25) is 0 Å². The van der Waals surface area contributed by atoms with Crippen molar-refractivity contribution in [2.75, 3.05) is 0 Å². The Kier molecular flexibility index (Phi) is 3.20. The van der Waals surface area contributed by atoms with E-state index >= 15 is 0 Å². The molecule has 0 aliphatic carbocycles. The van der Waals surface area contributed by atoms with Gasteiger partial charge in [-0.15, -0.1) is 11.3 Å². The second-order valence-corrected chi connectivity index (χ2v) is 4.97. The van der Waals surface area contributed by atoms with Crippen LogP contribution in [-0.4, -0.2) is 15.9 Å². The molecular formula is C14H11N3OS. The van der Waals surface area contributed by atoms with Gasteiger partial charge < -0.3 is 5.32 Å². The van der Waals surface area contributed by atoms with E-state index in [0.717, 1.165) is 15.8 Å². The van der Waals surface area contributed by atoms with E-state index in [9.17, 15) is 4.79 Å². The van der Waals surface area contributed by atoms with Crippen LogP contribution in [0.5, 0.6) is 0 Å². The number of aromatic nitrogens is 2. The van der Waals surface area contributed by atoms with Crippen molar-refractivity contribution in [3.05, 3.63) is 59.4 Å². The Bertz CT molecular complexity index is 709. The molecular weight excluding hydrogens is 258 g/mol. The molecule has 1 aromatic carbocycles. The number of carbonyl (C=O) groups is 1. The van der Waals surface area contributed by atoms with Crippen molar-refractivity contribution < 1.29 is 4.79 Å². The fraction of sp³-hybridized carbons (Fsp3) is 0.0714. The number of hydrogen-bond acceptors (Lipinski definition) is 4. The van der Waals surface area contributed by atoms with Crippen LogP contribution in [-0.2, 0) is 6.54 Å². The lowest BCUT2D eigenvalue weighted by Gasteiger charge is -2.05. The molecule has 4 nitrogen and oxygen atoms in total. The molecule has 0 unspecified atom stereocenters. The van der Waals surface area contributed by atoms with Crippen LogP contribution in [0.3, 0.4) is 0 Å². The standard InChI is InChI=1S/C14H11N3OS/c18-14(16-8-10-2-1-5-15-7-10)11-3-4-12-13(6-11)19-9-17-12/h1-7,9H,8H2,(H,16,18). The molecule has 1 amide bonds. The maximum atomic E-state index is 12.0. The minimum absolute atomic E-state index is 0.0841. The molecule has 0 spiro atoms. The first kappa shape index (κ1) is 11.8. The van der Waals surface area contributed by atoms with Gasteiger partial charge in [0.1, 0.15) is 0 Å². The van der Waals surface area contributed by atoms with E-state index in [1.165, 1.54) is 11.3 Å². The highest BCUT2D eigenvalue weighted by molar-refractivity contribution is 7.16. The Morgan fingerprint density at radius 1 is 1.32 bits per heavy atom. The molecule has 0 saturated carbocycles. The first-order valence-corrected chi connectivity index (χ1v) is 6.71. The van der Waals surface area contributed by atoms with Crippen molar-refractivity contribution in [2.24, 2.45) is 0 Å². The number of nitrogens with one attached hydrogen (secondary N) is 1. The fourth-order valence-electron chi connectivity index (χ4n) is 1.78. The van der Waals surface area contributed by atoms with Crippen molar-refractivity contribution in [3.63, 3.8) is 0 Å². The van der Waals surface area contributed by atoms with Crippen LogP contribution in [0.25, 0.3) is 10.2 Å². The van der Waals surface area contributed by atoms with Gasteiger partial charge in [0.25, 0.3) is 5.91 Å². The maximum Gasteiger partial charge on any atom is 0.251 e. The lowest BCUT2D eigenvalue weighted by atomic mass is 10.2. The number of benzene rings is 1. The highest BCUT2D eigenvalue weighted by Crippen LogP contribution is 2.19. The number of carbonyl (C=O) groups excluding carboxylic acids is 1. The summed E-state index contributed by atoms with van der Waals surface area (Å²) in [4.78, 5) is 20.2. The number of thiazole rings is 1. The fourth-order valence-corrected chi connectivity index (χ4v) is 2.50. The molecule has 5 heteroatoms. The van der Waals surface area contributed by atoms with Gasteiger partial charge in [0, 0.05) is 24.5 Å². The van der Waals surface area contributed by atoms with Gasteiger partial charge in [-0.2, -0.15) is 0 Å². The van der Waals surface area contributed by atoms with Crippen molar-refractivity contribution in [2.45, 2.75) is 6.54 Å². The van der Waals surface area contributed by atoms with Crippen LogP contribution in [0.15, 0.2) is 48.2 Å². The average Bonchev–Trinajstić information content (AvgIpc) is 2.93. The predicted octanol–water partition coefficient (Wildman–Crippen LogP) is 2.62. The van der Waals surface area contributed by atoms with Crippen LogP contribution in [0.1, 0.15) is 15.9 Å². The Balaban J connectivity index is 1.73. The SMILES string of the molecule is O=C(NCc1cccnc1)c1ccc2ncsc2c1. The van der Waals surface area contributed by atoms with Gasteiger partial charge >= 0.3 is 0 Å². The van der Waals surface area contributed by atoms with E-state index < -0.39 is 0 Å². The molecule has 0 saturated heterocycles. The summed E-state index contributed by atoms with van der Waals surface area (Å²) in [5.74, 6) is -0.0841. The molecule has 2 heterocycles. The predicted molar refractivity (Wildman–Crippen MR) is 75.0 cm³/mol. The average molecular weight is 269 g/mol. The monoisotopic (exact) mass is 269 g/mol. The van der Waals surface area contributed by atoms with E-state index in [0.29, 0.717) is 12.1 Å². The van der Waals surface area contributed by atoms with Gasteiger partial charge in [-0.25, -0.2) is 4.98 Å². The molecule has 94 valence electrons. The summed E-state index contributed by atoms with van der Waals surface area (Å²) in [6.07, 6.45) is 3.45. The molecule has 0 aliphatic heterocycles. The number of fused-ring (bicyclic) bond motifs is 1. The topological polar surface area (TPSA) is 54.9 Å². The second kappa shape index (κ2) is 5.16. The Morgan fingerprint density at radius 3 is 3.11 bits per heavy atom. The van der Waals surface area contributed by atoms with Crippen LogP contribution < -0.4 is 5.32 Å². The van der Waals surface area contributed by atoms with E-state index in [4.69, 9.17) is 0 Å². The van der Waals surface area contributed by atoms with E-state index in [2.05, 4.69) is 15.3 Å². The number of hydrogen-bond donors (Lipinski definition) is 1. The normalized spacial score (nSPS) is 10.5. The number of rotatable bonds is 3. The Hall–Kier alpha value is -2.27. The third kappa shape index (κ3) is 2.61. The van der Waals surface area contributed by atoms with E-state index in [-0.39, 0.29) is 5.91 Å². The van der Waals surface area contributed by atoms with Gasteiger partial charge in [0.05, 0.1) is 15.7 Å². The van der Waals surface area contributed by atoms with Crippen molar-refractivity contribution in [1.82, 2.24) is 15.3 Å². The zero-order chi connectivity index (χ0) is 13.1. The molecule has 3 aromatic rings. The molecule has 0 radical (unpaired) electrons. The maximum absolute atomic E-state index is 12.0. The zero-order valence-corrected chi connectivity index (χ0v) is 10.9. The third-order valence-corrected chi connectivity index (χ3v) is 3.56. The van der Waals surface area contributed by atoms with Gasteiger partial charge in [-0.05, 0) is 29.8 Å². The van der Waals surface area contributed by atoms with Crippen molar-refractivity contribution in [3.8, 4) is 0 Å². The summed E-state index contributed by atoms with van der Waals surface area (Å²) >= 11 is 1.53. The van der Waals surface area contributed by atoms with Gasteiger partial charge in [-0.3, -0.25) is 9.78 Å². The largest absolute Gasteiger partial charge is 0.348 e. The minimum Gasteiger partial charge on any atom is -0.348 e. The highest BCUT2D eigenvalue weighted by Gasteiger charge is 2.07.